The zero-order chi connectivity index (χ0) is 16.6. The average Bonchev–Trinajstić information content (AvgIpc) is 2.63. The molecule has 134 valence electrons. The van der Waals surface area contributed by atoms with Crippen molar-refractivity contribution in [3.63, 3.8) is 0 Å². The third kappa shape index (κ3) is 5.66. The van der Waals surface area contributed by atoms with E-state index < -0.39 is 6.10 Å². The molecule has 2 fully saturated rings. The highest BCUT2D eigenvalue weighted by Crippen LogP contribution is 2.22. The Morgan fingerprint density at radius 2 is 1.75 bits per heavy atom. The molecule has 2 heterocycles. The van der Waals surface area contributed by atoms with Gasteiger partial charge in [-0.15, -0.1) is 0 Å². The number of thioether (sulfide) groups is 1. The highest BCUT2D eigenvalue weighted by Gasteiger charge is 2.17. The molecule has 0 aromatic heterocycles. The van der Waals surface area contributed by atoms with E-state index in [9.17, 15) is 5.11 Å². The van der Waals surface area contributed by atoms with Crippen LogP contribution in [0.3, 0.4) is 0 Å². The van der Waals surface area contributed by atoms with Crippen LogP contribution in [0.1, 0.15) is 24.8 Å². The van der Waals surface area contributed by atoms with Gasteiger partial charge in [-0.05, 0) is 32.0 Å². The highest BCUT2D eigenvalue weighted by molar-refractivity contribution is 7.99. The fraction of sp³-hybridized carbons (Fsp3) is 0.684. The number of ether oxygens (including phenoxy) is 1. The number of nitrogens with zero attached hydrogens (tertiary/aromatic N) is 2. The van der Waals surface area contributed by atoms with Crippen LogP contribution in [0, 0.1) is 0 Å². The first kappa shape index (κ1) is 18.1. The molecule has 1 aromatic carbocycles. The van der Waals surface area contributed by atoms with Crippen molar-refractivity contribution in [2.24, 2.45) is 0 Å². The fourth-order valence-electron chi connectivity index (χ4n) is 3.45. The summed E-state index contributed by atoms with van der Waals surface area (Å²) in [6.07, 6.45) is 3.54. The van der Waals surface area contributed by atoms with Crippen LogP contribution in [0.4, 0.5) is 0 Å². The lowest BCUT2D eigenvalue weighted by atomic mass is 10.1. The van der Waals surface area contributed by atoms with Gasteiger partial charge < -0.3 is 9.84 Å². The maximum absolute atomic E-state index is 10.3. The zero-order valence-corrected chi connectivity index (χ0v) is 15.3. The minimum absolute atomic E-state index is 0.376. The van der Waals surface area contributed by atoms with Gasteiger partial charge >= 0.3 is 0 Å². The maximum atomic E-state index is 10.3. The zero-order valence-electron chi connectivity index (χ0n) is 14.5. The third-order valence-corrected chi connectivity index (χ3v) is 5.76. The number of aliphatic hydroxyl groups excluding tert-OH is 1. The number of aliphatic hydroxyl groups is 1. The number of rotatable bonds is 7. The number of piperidine rings is 1. The normalized spacial score (nSPS) is 21.5. The monoisotopic (exact) mass is 350 g/mol. The number of hydrogen-bond donors (Lipinski definition) is 1. The number of para-hydroxylation sites is 1. The van der Waals surface area contributed by atoms with E-state index in [2.05, 4.69) is 21.9 Å². The maximum Gasteiger partial charge on any atom is 0.123 e. The van der Waals surface area contributed by atoms with E-state index in [4.69, 9.17) is 4.74 Å². The highest BCUT2D eigenvalue weighted by atomic mass is 32.2. The van der Waals surface area contributed by atoms with Gasteiger partial charge in [0.15, 0.2) is 0 Å². The molecule has 0 amide bonds. The summed E-state index contributed by atoms with van der Waals surface area (Å²) in [5.74, 6) is 3.27. The van der Waals surface area contributed by atoms with Crippen LogP contribution in [0.5, 0.6) is 5.75 Å². The van der Waals surface area contributed by atoms with Crippen molar-refractivity contribution in [2.75, 3.05) is 50.8 Å². The Balaban J connectivity index is 1.48. The van der Waals surface area contributed by atoms with Gasteiger partial charge in [0.05, 0.1) is 0 Å². The van der Waals surface area contributed by atoms with Crippen LogP contribution in [0.2, 0.25) is 0 Å². The fourth-order valence-corrected chi connectivity index (χ4v) is 4.43. The number of benzene rings is 1. The Bertz CT molecular complexity index is 488. The summed E-state index contributed by atoms with van der Waals surface area (Å²) in [5.41, 5.74) is 1.24. The third-order valence-electron chi connectivity index (χ3n) is 4.82. The summed E-state index contributed by atoms with van der Waals surface area (Å²) in [7, 11) is 0. The minimum atomic E-state index is -0.420. The van der Waals surface area contributed by atoms with E-state index in [1.54, 1.807) is 0 Å². The number of β-amino-alcohol motifs (C(OH)–C–C–N with tert-alkyl or cyclic N) is 1. The second kappa shape index (κ2) is 9.66. The molecule has 3 rings (SSSR count). The molecule has 24 heavy (non-hydrogen) atoms. The predicted molar refractivity (Wildman–Crippen MR) is 101 cm³/mol. The molecular weight excluding hydrogens is 320 g/mol. The van der Waals surface area contributed by atoms with Gasteiger partial charge in [0.1, 0.15) is 18.5 Å². The standard InChI is InChI=1S/C19H30N2O2S/c22-18(15-21-10-12-24-13-11-21)16-23-19-7-3-2-6-17(19)14-20-8-4-1-5-9-20/h2-3,6-7,18,22H,1,4-5,8-16H2/t18-/m0/s1. The summed E-state index contributed by atoms with van der Waals surface area (Å²) >= 11 is 2.00. The van der Waals surface area contributed by atoms with Gasteiger partial charge in [-0.3, -0.25) is 9.80 Å². The van der Waals surface area contributed by atoms with Crippen LogP contribution >= 0.6 is 11.8 Å². The van der Waals surface area contributed by atoms with Crippen molar-refractivity contribution in [3.8, 4) is 5.75 Å². The van der Waals surface area contributed by atoms with E-state index in [-0.39, 0.29) is 0 Å². The molecular formula is C19H30N2O2S. The van der Waals surface area contributed by atoms with Gasteiger partial charge in [0, 0.05) is 43.2 Å². The van der Waals surface area contributed by atoms with Crippen molar-refractivity contribution in [3.05, 3.63) is 29.8 Å². The molecule has 2 saturated heterocycles. The topological polar surface area (TPSA) is 35.9 Å². The van der Waals surface area contributed by atoms with Crippen molar-refractivity contribution in [1.82, 2.24) is 9.80 Å². The van der Waals surface area contributed by atoms with Crippen molar-refractivity contribution in [2.45, 2.75) is 31.9 Å². The summed E-state index contributed by atoms with van der Waals surface area (Å²) in [6, 6.07) is 8.28. The molecule has 0 spiro atoms. The summed E-state index contributed by atoms with van der Waals surface area (Å²) in [5, 5.41) is 10.3. The SMILES string of the molecule is O[C@H](COc1ccccc1CN1CCCCC1)CN1CCSCC1. The Labute approximate surface area is 150 Å². The molecule has 2 aliphatic rings. The number of likely N-dealkylation sites (tertiary alicyclic amines) is 1. The van der Waals surface area contributed by atoms with Crippen molar-refractivity contribution in [1.29, 1.82) is 0 Å². The molecule has 0 bridgehead atoms. The lowest BCUT2D eigenvalue weighted by molar-refractivity contribution is 0.0707. The Kier molecular flexibility index (Phi) is 7.27. The lowest BCUT2D eigenvalue weighted by Crippen LogP contribution is -2.40. The average molecular weight is 351 g/mol. The first-order valence-electron chi connectivity index (χ1n) is 9.22. The Hall–Kier alpha value is -0.750. The van der Waals surface area contributed by atoms with Gasteiger partial charge in [0.2, 0.25) is 0 Å². The molecule has 0 radical (unpaired) electrons. The molecule has 2 aliphatic heterocycles. The molecule has 1 N–H and O–H groups in total. The van der Waals surface area contributed by atoms with Crippen LogP contribution in [0.25, 0.3) is 0 Å². The molecule has 4 nitrogen and oxygen atoms in total. The molecule has 0 aliphatic carbocycles. The second-order valence-corrected chi connectivity index (χ2v) is 8.05. The van der Waals surface area contributed by atoms with E-state index in [0.717, 1.165) is 31.9 Å². The first-order valence-corrected chi connectivity index (χ1v) is 10.4. The van der Waals surface area contributed by atoms with Gasteiger partial charge in [-0.25, -0.2) is 0 Å². The molecule has 5 heteroatoms. The molecule has 0 saturated carbocycles. The second-order valence-electron chi connectivity index (χ2n) is 6.82. The first-order chi connectivity index (χ1) is 11.8. The van der Waals surface area contributed by atoms with Crippen molar-refractivity contribution >= 4 is 11.8 Å². The van der Waals surface area contributed by atoms with Crippen LogP contribution in [-0.4, -0.2) is 71.8 Å². The van der Waals surface area contributed by atoms with Gasteiger partial charge in [-0.1, -0.05) is 24.6 Å². The summed E-state index contributed by atoms with van der Waals surface area (Å²) in [6.45, 7) is 6.57. The largest absolute Gasteiger partial charge is 0.491 e. The smallest absolute Gasteiger partial charge is 0.123 e. The molecule has 1 aromatic rings. The summed E-state index contributed by atoms with van der Waals surface area (Å²) in [4.78, 5) is 4.84. The van der Waals surface area contributed by atoms with Crippen LogP contribution < -0.4 is 4.74 Å². The Morgan fingerprint density at radius 1 is 1.00 bits per heavy atom. The minimum Gasteiger partial charge on any atom is -0.491 e. The van der Waals surface area contributed by atoms with Gasteiger partial charge in [0.25, 0.3) is 0 Å². The Morgan fingerprint density at radius 3 is 2.54 bits per heavy atom. The van der Waals surface area contributed by atoms with E-state index in [0.29, 0.717) is 6.61 Å². The summed E-state index contributed by atoms with van der Waals surface area (Å²) < 4.78 is 5.97. The van der Waals surface area contributed by atoms with Crippen LogP contribution in [-0.2, 0) is 6.54 Å². The van der Waals surface area contributed by atoms with E-state index in [1.165, 1.54) is 49.4 Å². The number of hydrogen-bond acceptors (Lipinski definition) is 5. The van der Waals surface area contributed by atoms with E-state index in [1.807, 2.05) is 23.9 Å². The van der Waals surface area contributed by atoms with Crippen molar-refractivity contribution < 1.29 is 9.84 Å². The van der Waals surface area contributed by atoms with Crippen LogP contribution in [0.15, 0.2) is 24.3 Å². The predicted octanol–water partition coefficient (Wildman–Crippen LogP) is 2.46. The lowest BCUT2D eigenvalue weighted by Gasteiger charge is -2.29. The quantitative estimate of drug-likeness (QED) is 0.817. The molecule has 0 unspecified atom stereocenters. The molecule has 1 atom stereocenters. The van der Waals surface area contributed by atoms with E-state index >= 15 is 0 Å². The van der Waals surface area contributed by atoms with Gasteiger partial charge in [-0.2, -0.15) is 11.8 Å².